The number of anilines is 1. The van der Waals surface area contributed by atoms with Crippen molar-refractivity contribution in [3.05, 3.63) is 30.3 Å². The van der Waals surface area contributed by atoms with Gasteiger partial charge in [0.15, 0.2) is 0 Å². The summed E-state index contributed by atoms with van der Waals surface area (Å²) in [5.41, 5.74) is 0.949. The molecule has 0 aliphatic heterocycles. The molecule has 0 spiro atoms. The predicted octanol–water partition coefficient (Wildman–Crippen LogP) is 3.72. The van der Waals surface area contributed by atoms with E-state index in [1.54, 1.807) is 0 Å². The largest absolute Gasteiger partial charge is 0.372 e. The van der Waals surface area contributed by atoms with E-state index in [1.807, 2.05) is 6.92 Å². The first-order chi connectivity index (χ1) is 10.2. The number of para-hydroxylation sites is 1. The molecule has 0 aromatic heterocycles. The average molecular weight is 285 g/mol. The molecular weight excluding hydrogens is 258 g/mol. The van der Waals surface area contributed by atoms with Crippen LogP contribution in [-0.4, -0.2) is 24.7 Å². The summed E-state index contributed by atoms with van der Waals surface area (Å²) in [5.74, 6) is 0. The van der Waals surface area contributed by atoms with Gasteiger partial charge in [-0.05, 0) is 58.1 Å². The van der Waals surface area contributed by atoms with E-state index < -0.39 is 0 Å². The molecule has 1 aliphatic carbocycles. The number of nitrogens with zero attached hydrogens (tertiary/aromatic N) is 2. The van der Waals surface area contributed by atoms with Gasteiger partial charge in [-0.1, -0.05) is 18.2 Å². The van der Waals surface area contributed by atoms with Crippen LogP contribution in [0.2, 0.25) is 0 Å². The van der Waals surface area contributed by atoms with Gasteiger partial charge in [0.1, 0.15) is 5.54 Å². The molecule has 114 valence electrons. The van der Waals surface area contributed by atoms with Crippen LogP contribution in [0.15, 0.2) is 30.3 Å². The molecule has 0 radical (unpaired) electrons. The summed E-state index contributed by atoms with van der Waals surface area (Å²) in [6.07, 6.45) is 5.62. The fourth-order valence-electron chi connectivity index (χ4n) is 2.73. The maximum Gasteiger partial charge on any atom is 0.104 e. The lowest BCUT2D eigenvalue weighted by atomic mass is 9.96. The van der Waals surface area contributed by atoms with E-state index in [0.29, 0.717) is 6.04 Å². The number of nitrogens with one attached hydrogen (secondary N) is 1. The predicted molar refractivity (Wildman–Crippen MR) is 88.4 cm³/mol. The lowest BCUT2D eigenvalue weighted by molar-refractivity contribution is 0.398. The molecule has 1 aliphatic rings. The SMILES string of the molecule is CCN(CCCCC(C)(C#N)NC1CC1)c1ccccc1. The van der Waals surface area contributed by atoms with Crippen LogP contribution in [0.3, 0.4) is 0 Å². The number of hydrogen-bond donors (Lipinski definition) is 1. The summed E-state index contributed by atoms with van der Waals surface area (Å²) in [6.45, 7) is 6.33. The van der Waals surface area contributed by atoms with Gasteiger partial charge in [-0.3, -0.25) is 5.32 Å². The lowest BCUT2D eigenvalue weighted by Crippen LogP contribution is -2.42. The second kappa shape index (κ2) is 7.47. The average Bonchev–Trinajstić information content (AvgIpc) is 3.32. The zero-order valence-corrected chi connectivity index (χ0v) is 13.3. The fourth-order valence-corrected chi connectivity index (χ4v) is 2.73. The Kier molecular flexibility index (Phi) is 5.64. The third-order valence-electron chi connectivity index (χ3n) is 4.20. The molecular formula is C18H27N3. The van der Waals surface area contributed by atoms with E-state index in [1.165, 1.54) is 18.5 Å². The van der Waals surface area contributed by atoms with Gasteiger partial charge in [-0.25, -0.2) is 0 Å². The Morgan fingerprint density at radius 1 is 1.29 bits per heavy atom. The third kappa shape index (κ3) is 5.06. The Balaban J connectivity index is 1.74. The van der Waals surface area contributed by atoms with Crippen molar-refractivity contribution in [2.45, 2.75) is 57.5 Å². The summed E-state index contributed by atoms with van der Waals surface area (Å²) in [7, 11) is 0. The molecule has 1 N–H and O–H groups in total. The van der Waals surface area contributed by atoms with Crippen LogP contribution in [0, 0.1) is 11.3 Å². The molecule has 21 heavy (non-hydrogen) atoms. The van der Waals surface area contributed by atoms with Gasteiger partial charge >= 0.3 is 0 Å². The molecule has 0 saturated heterocycles. The van der Waals surface area contributed by atoms with E-state index >= 15 is 0 Å². The topological polar surface area (TPSA) is 39.1 Å². The maximum absolute atomic E-state index is 9.37. The molecule has 3 heteroatoms. The summed E-state index contributed by atoms with van der Waals surface area (Å²) in [5, 5.41) is 12.8. The summed E-state index contributed by atoms with van der Waals surface area (Å²) in [4.78, 5) is 2.40. The molecule has 3 nitrogen and oxygen atoms in total. The van der Waals surface area contributed by atoms with Gasteiger partial charge in [0.25, 0.3) is 0 Å². The number of unbranched alkanes of at least 4 members (excludes halogenated alkanes) is 1. The number of hydrogen-bond acceptors (Lipinski definition) is 3. The van der Waals surface area contributed by atoms with Crippen molar-refractivity contribution in [1.29, 1.82) is 5.26 Å². The highest BCUT2D eigenvalue weighted by molar-refractivity contribution is 5.45. The molecule has 1 aromatic carbocycles. The minimum Gasteiger partial charge on any atom is -0.372 e. The van der Waals surface area contributed by atoms with Gasteiger partial charge in [-0.15, -0.1) is 0 Å². The Bertz CT molecular complexity index is 461. The Hall–Kier alpha value is -1.53. The van der Waals surface area contributed by atoms with E-state index in [9.17, 15) is 5.26 Å². The lowest BCUT2D eigenvalue weighted by Gasteiger charge is -2.25. The van der Waals surface area contributed by atoms with Gasteiger partial charge < -0.3 is 4.90 Å². The molecule has 2 rings (SSSR count). The second-order valence-electron chi connectivity index (χ2n) is 6.23. The van der Waals surface area contributed by atoms with E-state index in [4.69, 9.17) is 0 Å². The molecule has 0 bridgehead atoms. The number of nitriles is 1. The van der Waals surface area contributed by atoms with Crippen LogP contribution in [0.25, 0.3) is 0 Å². The molecule has 1 fully saturated rings. The van der Waals surface area contributed by atoms with E-state index in [0.717, 1.165) is 32.4 Å². The van der Waals surface area contributed by atoms with Crippen molar-refractivity contribution in [1.82, 2.24) is 5.32 Å². The van der Waals surface area contributed by atoms with Crippen LogP contribution in [-0.2, 0) is 0 Å². The number of rotatable bonds is 9. The van der Waals surface area contributed by atoms with Gasteiger partial charge in [0.05, 0.1) is 6.07 Å². The number of benzene rings is 1. The van der Waals surface area contributed by atoms with E-state index in [-0.39, 0.29) is 5.54 Å². The molecule has 1 atom stereocenters. The van der Waals surface area contributed by atoms with Crippen molar-refractivity contribution in [2.75, 3.05) is 18.0 Å². The minimum absolute atomic E-state index is 0.342. The normalized spacial score (nSPS) is 17.0. The highest BCUT2D eigenvalue weighted by Gasteiger charge is 2.31. The first-order valence-corrected chi connectivity index (χ1v) is 8.16. The Morgan fingerprint density at radius 3 is 2.57 bits per heavy atom. The third-order valence-corrected chi connectivity index (χ3v) is 4.20. The second-order valence-corrected chi connectivity index (χ2v) is 6.23. The summed E-state index contributed by atoms with van der Waals surface area (Å²) >= 11 is 0. The van der Waals surface area contributed by atoms with Gasteiger partial charge in [-0.2, -0.15) is 5.26 Å². The van der Waals surface area contributed by atoms with Crippen LogP contribution in [0.1, 0.15) is 46.0 Å². The summed E-state index contributed by atoms with van der Waals surface area (Å²) in [6, 6.07) is 13.6. The van der Waals surface area contributed by atoms with Crippen molar-refractivity contribution in [2.24, 2.45) is 0 Å². The quantitative estimate of drug-likeness (QED) is 0.703. The highest BCUT2D eigenvalue weighted by Crippen LogP contribution is 2.25. The molecule has 1 unspecified atom stereocenters. The van der Waals surface area contributed by atoms with Crippen molar-refractivity contribution < 1.29 is 0 Å². The highest BCUT2D eigenvalue weighted by atomic mass is 15.1. The smallest absolute Gasteiger partial charge is 0.104 e. The maximum atomic E-state index is 9.37. The molecule has 0 amide bonds. The van der Waals surface area contributed by atoms with Crippen LogP contribution < -0.4 is 10.2 Å². The van der Waals surface area contributed by atoms with Crippen LogP contribution in [0.4, 0.5) is 5.69 Å². The molecule has 1 saturated carbocycles. The Labute approximate surface area is 129 Å². The molecule has 1 aromatic rings. The van der Waals surface area contributed by atoms with Crippen molar-refractivity contribution in [3.8, 4) is 6.07 Å². The fraction of sp³-hybridized carbons (Fsp3) is 0.611. The van der Waals surface area contributed by atoms with Gasteiger partial charge in [0, 0.05) is 24.8 Å². The monoisotopic (exact) mass is 285 g/mol. The standard InChI is InChI=1S/C18H27N3/c1-3-21(17-9-5-4-6-10-17)14-8-7-13-18(2,15-19)20-16-11-12-16/h4-6,9-10,16,20H,3,7-8,11-14H2,1-2H3. The van der Waals surface area contributed by atoms with Crippen LogP contribution in [0.5, 0.6) is 0 Å². The minimum atomic E-state index is -0.342. The van der Waals surface area contributed by atoms with Gasteiger partial charge in [0.2, 0.25) is 0 Å². The van der Waals surface area contributed by atoms with Crippen LogP contribution >= 0.6 is 0 Å². The first-order valence-electron chi connectivity index (χ1n) is 8.16. The summed E-state index contributed by atoms with van der Waals surface area (Å²) < 4.78 is 0. The first kappa shape index (κ1) is 15.9. The Morgan fingerprint density at radius 2 is 2.00 bits per heavy atom. The zero-order chi connectivity index (χ0) is 15.1. The van der Waals surface area contributed by atoms with Crippen molar-refractivity contribution >= 4 is 5.69 Å². The van der Waals surface area contributed by atoms with E-state index in [2.05, 4.69) is 53.5 Å². The zero-order valence-electron chi connectivity index (χ0n) is 13.3. The van der Waals surface area contributed by atoms with Crippen molar-refractivity contribution in [3.63, 3.8) is 0 Å². The molecule has 0 heterocycles.